The molecule has 1 aromatic carbocycles. The molecule has 0 spiro atoms. The highest BCUT2D eigenvalue weighted by Gasteiger charge is 2.60. The van der Waals surface area contributed by atoms with Crippen molar-refractivity contribution in [3.8, 4) is 5.75 Å². The van der Waals surface area contributed by atoms with Crippen LogP contribution in [0.15, 0.2) is 51.4 Å². The Hall–Kier alpha value is -3.98. The molecule has 1 fully saturated rings. The van der Waals surface area contributed by atoms with Crippen molar-refractivity contribution in [3.63, 3.8) is 0 Å². The number of aliphatic hydroxyl groups is 3. The lowest BCUT2D eigenvalue weighted by Gasteiger charge is -2.46. The van der Waals surface area contributed by atoms with E-state index in [1.54, 1.807) is 6.07 Å². The number of aromatic hydroxyl groups is 1. The standard InChI is InChI=1S/C26H24N2O7/c1-11-12(6-7-28-11)2-3-13-4-5-17(29)20-16(13)9-14-8-15-10-18(30)21(25(27)34)24(33)26(15,35)23(32)19(14)22(20)31/h2-5,7,14-15,29,31,33,35H,6,8-10H2,1H3,(H2,27,34)/b3-2+. The topological polar surface area (TPSA) is 171 Å². The van der Waals surface area contributed by atoms with Crippen molar-refractivity contribution < 1.29 is 34.8 Å². The van der Waals surface area contributed by atoms with Crippen molar-refractivity contribution in [3.05, 3.63) is 63.1 Å². The van der Waals surface area contributed by atoms with Crippen LogP contribution in [0, 0.1) is 11.8 Å². The predicted molar refractivity (Wildman–Crippen MR) is 126 cm³/mol. The Morgan fingerprint density at radius 1 is 1.17 bits per heavy atom. The van der Waals surface area contributed by atoms with Crippen LogP contribution in [0.4, 0.5) is 0 Å². The first-order valence-corrected chi connectivity index (χ1v) is 11.3. The highest BCUT2D eigenvalue weighted by molar-refractivity contribution is 6.22. The summed E-state index contributed by atoms with van der Waals surface area (Å²) >= 11 is 0. The second kappa shape index (κ2) is 7.78. The van der Waals surface area contributed by atoms with E-state index in [-0.39, 0.29) is 36.1 Å². The van der Waals surface area contributed by atoms with Crippen LogP contribution < -0.4 is 5.73 Å². The van der Waals surface area contributed by atoms with E-state index in [9.17, 15) is 34.8 Å². The van der Waals surface area contributed by atoms with Crippen LogP contribution in [-0.4, -0.2) is 49.7 Å². The van der Waals surface area contributed by atoms with Crippen molar-refractivity contribution in [2.75, 3.05) is 0 Å². The van der Waals surface area contributed by atoms with E-state index in [0.29, 0.717) is 12.0 Å². The number of nitrogens with two attached hydrogens (primary N) is 1. The maximum absolute atomic E-state index is 13.5. The number of amides is 1. The highest BCUT2D eigenvalue weighted by Crippen LogP contribution is 2.52. The van der Waals surface area contributed by atoms with Gasteiger partial charge in [0.25, 0.3) is 5.91 Å². The van der Waals surface area contributed by atoms with Gasteiger partial charge in [0.05, 0.1) is 5.56 Å². The lowest BCUT2D eigenvalue weighted by atomic mass is 9.59. The molecule has 6 N–H and O–H groups in total. The van der Waals surface area contributed by atoms with E-state index in [1.807, 2.05) is 25.3 Å². The first-order valence-electron chi connectivity index (χ1n) is 11.3. The summed E-state index contributed by atoms with van der Waals surface area (Å²) in [6.45, 7) is 1.91. The van der Waals surface area contributed by atoms with E-state index in [2.05, 4.69) is 4.99 Å². The van der Waals surface area contributed by atoms with Gasteiger partial charge in [0.2, 0.25) is 5.78 Å². The fourth-order valence-corrected chi connectivity index (χ4v) is 5.69. The lowest BCUT2D eigenvalue weighted by molar-refractivity contribution is -0.147. The first-order chi connectivity index (χ1) is 16.6. The second-order valence-electron chi connectivity index (χ2n) is 9.39. The number of Topliss-reactive ketones (excluding diaryl/α,β-unsaturated/α-hetero) is 2. The van der Waals surface area contributed by atoms with Crippen molar-refractivity contribution in [2.45, 2.75) is 38.2 Å². The number of phenols is 1. The first kappa shape index (κ1) is 22.8. The molecular formula is C26H24N2O7. The number of benzene rings is 1. The third kappa shape index (κ3) is 3.19. The van der Waals surface area contributed by atoms with Crippen molar-refractivity contribution in [2.24, 2.45) is 22.6 Å². The number of hydrogen-bond acceptors (Lipinski definition) is 8. The molecule has 0 radical (unpaired) electrons. The number of nitrogens with zero attached hydrogens (tertiary/aromatic N) is 1. The summed E-state index contributed by atoms with van der Waals surface area (Å²) in [5.41, 5.74) is 5.07. The summed E-state index contributed by atoms with van der Waals surface area (Å²) in [5, 5.41) is 43.6. The van der Waals surface area contributed by atoms with Gasteiger partial charge >= 0.3 is 0 Å². The molecule has 5 rings (SSSR count). The van der Waals surface area contributed by atoms with Crippen LogP contribution in [0.25, 0.3) is 11.8 Å². The van der Waals surface area contributed by atoms with E-state index < -0.39 is 52.0 Å². The van der Waals surface area contributed by atoms with Gasteiger partial charge in [0, 0.05) is 36.2 Å². The minimum absolute atomic E-state index is 0.0765. The summed E-state index contributed by atoms with van der Waals surface area (Å²) < 4.78 is 0. The number of primary amides is 1. The Balaban J connectivity index is 1.63. The normalized spacial score (nSPS) is 28.1. The number of aliphatic imine (C=N–C) groups is 1. The molecule has 1 aromatic rings. The molecule has 0 saturated heterocycles. The van der Waals surface area contributed by atoms with Crippen molar-refractivity contribution in [1.29, 1.82) is 0 Å². The molecule has 3 aliphatic carbocycles. The van der Waals surface area contributed by atoms with Crippen LogP contribution in [0.1, 0.15) is 42.9 Å². The maximum atomic E-state index is 13.5. The number of ketones is 2. The quantitative estimate of drug-likeness (QED) is 0.416. The Morgan fingerprint density at radius 2 is 1.91 bits per heavy atom. The Kier molecular flexibility index (Phi) is 5.06. The number of hydrogen-bond donors (Lipinski definition) is 5. The molecule has 4 aliphatic rings. The molecule has 0 bridgehead atoms. The van der Waals surface area contributed by atoms with Gasteiger partial charge in [0.15, 0.2) is 11.4 Å². The molecule has 35 heavy (non-hydrogen) atoms. The molecule has 1 saturated carbocycles. The SMILES string of the molecule is CC1=C(/C=C/c2ccc(O)c3c2CC2CC4CC(=O)C(C(N)=O)=C(O)C4(O)C(=O)C2=C3O)CC=N1. The molecular weight excluding hydrogens is 452 g/mol. The van der Waals surface area contributed by atoms with Crippen LogP contribution in [0.3, 0.4) is 0 Å². The molecule has 1 heterocycles. The number of carbonyl (C=O) groups is 3. The minimum Gasteiger partial charge on any atom is -0.508 e. The second-order valence-corrected chi connectivity index (χ2v) is 9.39. The molecule has 9 heteroatoms. The zero-order valence-corrected chi connectivity index (χ0v) is 18.9. The van der Waals surface area contributed by atoms with Gasteiger partial charge in [-0.15, -0.1) is 0 Å². The van der Waals surface area contributed by atoms with E-state index in [4.69, 9.17) is 5.73 Å². The molecule has 0 aromatic heterocycles. The van der Waals surface area contributed by atoms with Gasteiger partial charge in [-0.1, -0.05) is 18.2 Å². The van der Waals surface area contributed by atoms with Gasteiger partial charge in [-0.2, -0.15) is 0 Å². The predicted octanol–water partition coefficient (Wildman–Crippen LogP) is 2.19. The smallest absolute Gasteiger partial charge is 0.255 e. The maximum Gasteiger partial charge on any atom is 0.255 e. The van der Waals surface area contributed by atoms with E-state index in [0.717, 1.165) is 16.8 Å². The molecule has 1 amide bonds. The van der Waals surface area contributed by atoms with E-state index in [1.165, 1.54) is 6.07 Å². The van der Waals surface area contributed by atoms with Crippen LogP contribution in [0.2, 0.25) is 0 Å². The fourth-order valence-electron chi connectivity index (χ4n) is 5.69. The Bertz CT molecular complexity index is 1380. The number of rotatable bonds is 3. The van der Waals surface area contributed by atoms with Crippen molar-refractivity contribution in [1.82, 2.24) is 0 Å². The molecule has 180 valence electrons. The van der Waals surface area contributed by atoms with Crippen molar-refractivity contribution >= 4 is 35.5 Å². The van der Waals surface area contributed by atoms with Crippen LogP contribution in [0.5, 0.6) is 5.75 Å². The third-order valence-electron chi connectivity index (χ3n) is 7.51. The highest BCUT2D eigenvalue weighted by atomic mass is 16.3. The van der Waals surface area contributed by atoms with Gasteiger partial charge in [-0.25, -0.2) is 0 Å². The zero-order chi connectivity index (χ0) is 25.2. The summed E-state index contributed by atoms with van der Waals surface area (Å²) in [7, 11) is 0. The molecule has 1 aliphatic heterocycles. The van der Waals surface area contributed by atoms with Gasteiger partial charge < -0.3 is 26.2 Å². The molecule has 3 atom stereocenters. The van der Waals surface area contributed by atoms with E-state index >= 15 is 0 Å². The zero-order valence-electron chi connectivity index (χ0n) is 18.9. The van der Waals surface area contributed by atoms with Crippen LogP contribution in [-0.2, 0) is 20.8 Å². The number of allylic oxidation sites excluding steroid dienone is 3. The Labute approximate surface area is 200 Å². The average Bonchev–Trinajstić information content (AvgIpc) is 3.20. The summed E-state index contributed by atoms with van der Waals surface area (Å²) in [6.07, 6.45) is 6.31. The van der Waals surface area contributed by atoms with Crippen LogP contribution >= 0.6 is 0 Å². The minimum atomic E-state index is -2.56. The summed E-state index contributed by atoms with van der Waals surface area (Å²) in [6, 6.07) is 3.13. The van der Waals surface area contributed by atoms with Gasteiger partial charge in [0.1, 0.15) is 22.8 Å². The number of carbonyl (C=O) groups excluding carboxylic acids is 3. The monoisotopic (exact) mass is 476 g/mol. The number of fused-ring (bicyclic) bond motifs is 3. The number of aliphatic hydroxyl groups excluding tert-OH is 2. The molecule has 3 unspecified atom stereocenters. The summed E-state index contributed by atoms with van der Waals surface area (Å²) in [4.78, 5) is 41.9. The fraction of sp³-hybridized carbons (Fsp3) is 0.308. The lowest BCUT2D eigenvalue weighted by Crippen LogP contribution is -2.58. The molecule has 9 nitrogen and oxygen atoms in total. The third-order valence-corrected chi connectivity index (χ3v) is 7.51. The number of phenolic OH excluding ortho intramolecular Hbond substituents is 1. The average molecular weight is 476 g/mol. The summed E-state index contributed by atoms with van der Waals surface area (Å²) in [5.74, 6) is -6.36. The largest absolute Gasteiger partial charge is 0.508 e. The van der Waals surface area contributed by atoms with Gasteiger partial charge in [-0.3, -0.25) is 19.4 Å². The van der Waals surface area contributed by atoms with Gasteiger partial charge in [-0.05, 0) is 48.4 Å². The Morgan fingerprint density at radius 3 is 2.57 bits per heavy atom.